The molecular weight excluding hydrogens is 304 g/mol. The third kappa shape index (κ3) is 2.91. The molecule has 0 spiro atoms. The molecule has 24 heavy (non-hydrogen) atoms. The second kappa shape index (κ2) is 6.46. The van der Waals surface area contributed by atoms with E-state index in [4.69, 9.17) is 6.42 Å². The van der Waals surface area contributed by atoms with Crippen LogP contribution in [0.2, 0.25) is 0 Å². The molecule has 1 aliphatic rings. The summed E-state index contributed by atoms with van der Waals surface area (Å²) in [5, 5.41) is 11.4. The largest absolute Gasteiger partial charge is 0.466 e. The Hall–Kier alpha value is -2.64. The van der Waals surface area contributed by atoms with Crippen LogP contribution in [0.15, 0.2) is 48.1 Å². The molecule has 1 aromatic rings. The summed E-state index contributed by atoms with van der Waals surface area (Å²) >= 11 is 0. The molecule has 2 rings (SSSR count). The van der Waals surface area contributed by atoms with Gasteiger partial charge in [-0.2, -0.15) is 0 Å². The maximum Gasteiger partial charge on any atom is 0.330 e. The lowest BCUT2D eigenvalue weighted by Crippen LogP contribution is -2.47. The number of rotatable bonds is 3. The highest BCUT2D eigenvalue weighted by Crippen LogP contribution is 2.49. The van der Waals surface area contributed by atoms with Crippen LogP contribution in [0.25, 0.3) is 0 Å². The lowest BCUT2D eigenvalue weighted by molar-refractivity contribution is -0.134. The van der Waals surface area contributed by atoms with Crippen LogP contribution < -0.4 is 0 Å². The Bertz CT molecular complexity index is 781. The molecule has 0 heterocycles. The number of allylic oxidation sites excluding steroid dienone is 2. The van der Waals surface area contributed by atoms with Crippen LogP contribution in [-0.4, -0.2) is 24.0 Å². The SMILES string of the molecule is C#C[C@]1(C)CC(=O)c2ccccc2[C@@]1(O)/C=C/C(C)=C\C(=O)OC. The Kier molecular flexibility index (Phi) is 4.77. The van der Waals surface area contributed by atoms with E-state index in [2.05, 4.69) is 10.7 Å². The van der Waals surface area contributed by atoms with E-state index in [9.17, 15) is 14.7 Å². The van der Waals surface area contributed by atoms with E-state index in [0.29, 0.717) is 16.7 Å². The van der Waals surface area contributed by atoms with Gasteiger partial charge in [0, 0.05) is 18.1 Å². The van der Waals surface area contributed by atoms with Gasteiger partial charge >= 0.3 is 5.97 Å². The molecule has 0 fully saturated rings. The second-order valence-corrected chi connectivity index (χ2v) is 6.13. The Morgan fingerprint density at radius 1 is 1.42 bits per heavy atom. The summed E-state index contributed by atoms with van der Waals surface area (Å²) in [7, 11) is 1.29. The zero-order valence-electron chi connectivity index (χ0n) is 14.0. The van der Waals surface area contributed by atoms with Crippen LogP contribution in [0.4, 0.5) is 0 Å². The van der Waals surface area contributed by atoms with Gasteiger partial charge in [-0.15, -0.1) is 6.42 Å². The van der Waals surface area contributed by atoms with Crippen molar-refractivity contribution in [2.24, 2.45) is 5.41 Å². The quantitative estimate of drug-likeness (QED) is 0.402. The molecule has 2 atom stereocenters. The average molecular weight is 324 g/mol. The van der Waals surface area contributed by atoms with Crippen molar-refractivity contribution in [1.29, 1.82) is 0 Å². The molecule has 0 amide bonds. The second-order valence-electron chi connectivity index (χ2n) is 6.13. The van der Waals surface area contributed by atoms with Gasteiger partial charge in [-0.25, -0.2) is 4.79 Å². The Morgan fingerprint density at radius 3 is 2.71 bits per heavy atom. The van der Waals surface area contributed by atoms with Crippen LogP contribution in [0.3, 0.4) is 0 Å². The lowest BCUT2D eigenvalue weighted by Gasteiger charge is -2.44. The monoisotopic (exact) mass is 324 g/mol. The number of aliphatic hydroxyl groups is 1. The fourth-order valence-electron chi connectivity index (χ4n) is 2.89. The third-order valence-electron chi connectivity index (χ3n) is 4.45. The summed E-state index contributed by atoms with van der Waals surface area (Å²) in [6, 6.07) is 6.89. The number of ether oxygens (including phenoxy) is 1. The zero-order chi connectivity index (χ0) is 18.0. The summed E-state index contributed by atoms with van der Waals surface area (Å²) < 4.78 is 4.58. The number of terminal acetylenes is 1. The maximum atomic E-state index is 12.4. The zero-order valence-corrected chi connectivity index (χ0v) is 14.0. The molecule has 0 aliphatic heterocycles. The van der Waals surface area contributed by atoms with Crippen LogP contribution in [0.5, 0.6) is 0 Å². The first kappa shape index (κ1) is 17.7. The Labute approximate surface area is 141 Å². The predicted molar refractivity (Wildman–Crippen MR) is 91.1 cm³/mol. The molecule has 4 nitrogen and oxygen atoms in total. The normalized spacial score (nSPS) is 26.8. The summed E-state index contributed by atoms with van der Waals surface area (Å²) in [6.45, 7) is 3.40. The fraction of sp³-hybridized carbons (Fsp3) is 0.300. The lowest BCUT2D eigenvalue weighted by atomic mass is 9.61. The van der Waals surface area contributed by atoms with E-state index in [1.807, 2.05) is 0 Å². The molecule has 0 unspecified atom stereocenters. The topological polar surface area (TPSA) is 63.6 Å². The number of Topliss-reactive ketones (excluding diaryl/α,β-unsaturated/α-hetero) is 1. The van der Waals surface area contributed by atoms with Gasteiger partial charge in [0.2, 0.25) is 0 Å². The number of esters is 1. The molecule has 0 aromatic heterocycles. The molecule has 1 N–H and O–H groups in total. The molecule has 0 radical (unpaired) electrons. The number of benzene rings is 1. The van der Waals surface area contributed by atoms with Gasteiger partial charge in [-0.05, 0) is 31.1 Å². The minimum Gasteiger partial charge on any atom is -0.466 e. The van der Waals surface area contributed by atoms with Gasteiger partial charge in [-0.1, -0.05) is 36.3 Å². The molecule has 0 saturated carbocycles. The summed E-state index contributed by atoms with van der Waals surface area (Å²) in [4.78, 5) is 23.7. The first-order valence-electron chi connectivity index (χ1n) is 7.56. The highest BCUT2D eigenvalue weighted by Gasteiger charge is 2.51. The summed E-state index contributed by atoms with van der Waals surface area (Å²) in [6.07, 6.45) is 10.2. The number of hydrogen-bond acceptors (Lipinski definition) is 4. The Morgan fingerprint density at radius 2 is 2.08 bits per heavy atom. The van der Waals surface area contributed by atoms with Crippen LogP contribution in [-0.2, 0) is 15.1 Å². The van der Waals surface area contributed by atoms with Crippen molar-refractivity contribution in [2.45, 2.75) is 25.9 Å². The van der Waals surface area contributed by atoms with Crippen molar-refractivity contribution in [2.75, 3.05) is 7.11 Å². The van der Waals surface area contributed by atoms with E-state index in [1.165, 1.54) is 13.2 Å². The van der Waals surface area contributed by atoms with Gasteiger partial charge in [0.25, 0.3) is 0 Å². The van der Waals surface area contributed by atoms with Crippen molar-refractivity contribution in [3.63, 3.8) is 0 Å². The number of methoxy groups -OCH3 is 1. The number of ketones is 1. The number of fused-ring (bicyclic) bond motifs is 1. The number of carbonyl (C=O) groups is 2. The van der Waals surface area contributed by atoms with Crippen LogP contribution in [0, 0.1) is 17.8 Å². The Balaban J connectivity index is 2.57. The van der Waals surface area contributed by atoms with E-state index in [-0.39, 0.29) is 12.2 Å². The molecule has 0 bridgehead atoms. The molecule has 124 valence electrons. The molecule has 4 heteroatoms. The van der Waals surface area contributed by atoms with Gasteiger partial charge in [-0.3, -0.25) is 4.79 Å². The van der Waals surface area contributed by atoms with E-state index in [1.54, 1.807) is 50.3 Å². The van der Waals surface area contributed by atoms with E-state index >= 15 is 0 Å². The smallest absolute Gasteiger partial charge is 0.330 e. The number of hydrogen-bond donors (Lipinski definition) is 1. The van der Waals surface area contributed by atoms with Gasteiger partial charge < -0.3 is 9.84 Å². The summed E-state index contributed by atoms with van der Waals surface area (Å²) in [5.74, 6) is 2.01. The first-order chi connectivity index (χ1) is 11.3. The fourth-order valence-corrected chi connectivity index (χ4v) is 2.89. The average Bonchev–Trinajstić information content (AvgIpc) is 2.58. The third-order valence-corrected chi connectivity index (χ3v) is 4.45. The van der Waals surface area contributed by atoms with Crippen molar-refractivity contribution in [3.8, 4) is 12.3 Å². The van der Waals surface area contributed by atoms with Crippen molar-refractivity contribution >= 4 is 11.8 Å². The van der Waals surface area contributed by atoms with E-state index in [0.717, 1.165) is 0 Å². The van der Waals surface area contributed by atoms with E-state index < -0.39 is 17.0 Å². The molecule has 0 saturated heterocycles. The molecule has 1 aliphatic carbocycles. The highest BCUT2D eigenvalue weighted by atomic mass is 16.5. The maximum absolute atomic E-state index is 12.4. The number of carbonyl (C=O) groups excluding carboxylic acids is 2. The summed E-state index contributed by atoms with van der Waals surface area (Å²) in [5.41, 5.74) is -1.06. The van der Waals surface area contributed by atoms with Gasteiger partial charge in [0.05, 0.1) is 12.5 Å². The van der Waals surface area contributed by atoms with Gasteiger partial charge in [0.1, 0.15) is 5.60 Å². The van der Waals surface area contributed by atoms with Crippen LogP contribution >= 0.6 is 0 Å². The van der Waals surface area contributed by atoms with Crippen molar-refractivity contribution in [1.82, 2.24) is 0 Å². The van der Waals surface area contributed by atoms with Crippen molar-refractivity contribution in [3.05, 3.63) is 59.2 Å². The minimum absolute atomic E-state index is 0.0428. The molecule has 1 aromatic carbocycles. The highest BCUT2D eigenvalue weighted by molar-refractivity contribution is 6.00. The minimum atomic E-state index is -1.52. The first-order valence-corrected chi connectivity index (χ1v) is 7.56. The van der Waals surface area contributed by atoms with Crippen LogP contribution in [0.1, 0.15) is 36.2 Å². The van der Waals surface area contributed by atoms with Gasteiger partial charge in [0.15, 0.2) is 5.78 Å². The standard InChI is InChI=1S/C20H20O4/c1-5-19(3)13-17(21)15-8-6-7-9-16(15)20(19,23)11-10-14(2)12-18(22)24-4/h1,6-12,23H,13H2,2-4H3/b11-10+,14-12-/t19-,20+/m1/s1. The van der Waals surface area contributed by atoms with Crippen molar-refractivity contribution < 1.29 is 19.4 Å². The predicted octanol–water partition coefficient (Wildman–Crippen LogP) is 2.78. The molecular formula is C20H20O4.